The molecule has 4 aromatic carbocycles. The molecule has 2 nitrogen and oxygen atoms in total. The van der Waals surface area contributed by atoms with Crippen LogP contribution in [0.15, 0.2) is 120 Å². The van der Waals surface area contributed by atoms with Crippen LogP contribution in [0, 0.1) is 0 Å². The molecule has 0 fully saturated rings. The van der Waals surface area contributed by atoms with E-state index in [-0.39, 0.29) is 5.54 Å². The number of hydrogen-bond acceptors (Lipinski definition) is 2. The summed E-state index contributed by atoms with van der Waals surface area (Å²) in [6, 6.07) is 32.5. The first-order valence-electron chi connectivity index (χ1n) is 11.5. The average molecular weight is 426 g/mol. The van der Waals surface area contributed by atoms with Gasteiger partial charge in [-0.3, -0.25) is 0 Å². The Labute approximate surface area is 193 Å². The van der Waals surface area contributed by atoms with Gasteiger partial charge in [-0.25, -0.2) is 0 Å². The summed E-state index contributed by atoms with van der Waals surface area (Å²) in [6.07, 6.45) is 9.03. The molecule has 2 aliphatic rings. The fourth-order valence-corrected chi connectivity index (χ4v) is 5.72. The first kappa shape index (κ1) is 18.5. The predicted octanol–water partition coefficient (Wildman–Crippen LogP) is 8.37. The largest absolute Gasteiger partial charge is 0.456 e. The summed E-state index contributed by atoms with van der Waals surface area (Å²) in [5, 5.41) is 2.32. The predicted molar refractivity (Wildman–Crippen MR) is 137 cm³/mol. The van der Waals surface area contributed by atoms with Crippen molar-refractivity contribution in [3.8, 4) is 11.1 Å². The topological polar surface area (TPSA) is 16.4 Å². The highest BCUT2D eigenvalue weighted by Crippen LogP contribution is 2.54. The Morgan fingerprint density at radius 1 is 0.727 bits per heavy atom. The van der Waals surface area contributed by atoms with Gasteiger partial charge in [0.05, 0.1) is 5.54 Å². The van der Waals surface area contributed by atoms with Gasteiger partial charge in [-0.1, -0.05) is 78.9 Å². The molecular weight excluding hydrogens is 402 g/mol. The van der Waals surface area contributed by atoms with E-state index in [0.717, 1.165) is 21.9 Å². The maximum Gasteiger partial charge on any atom is 0.135 e. The molecular formula is C31H23NO. The summed E-state index contributed by atoms with van der Waals surface area (Å²) in [5.41, 5.74) is 8.03. The molecule has 0 amide bonds. The Morgan fingerprint density at radius 2 is 1.55 bits per heavy atom. The van der Waals surface area contributed by atoms with Gasteiger partial charge in [-0.05, 0) is 60.0 Å². The van der Waals surface area contributed by atoms with Crippen molar-refractivity contribution in [3.63, 3.8) is 0 Å². The minimum absolute atomic E-state index is 0.123. The summed E-state index contributed by atoms with van der Waals surface area (Å²) in [5.74, 6) is 0.344. The summed E-state index contributed by atoms with van der Waals surface area (Å²) >= 11 is 0. The molecule has 158 valence electrons. The van der Waals surface area contributed by atoms with E-state index in [4.69, 9.17) is 4.42 Å². The van der Waals surface area contributed by atoms with Gasteiger partial charge in [-0.15, -0.1) is 0 Å². The van der Waals surface area contributed by atoms with E-state index in [1.54, 1.807) is 0 Å². The molecule has 2 heterocycles. The van der Waals surface area contributed by atoms with Gasteiger partial charge in [0.1, 0.15) is 11.2 Å². The third kappa shape index (κ3) is 2.61. The molecule has 5 aromatic rings. The van der Waals surface area contributed by atoms with Crippen LogP contribution in [0.5, 0.6) is 0 Å². The van der Waals surface area contributed by atoms with Gasteiger partial charge in [0, 0.05) is 28.1 Å². The molecule has 0 N–H and O–H groups in total. The van der Waals surface area contributed by atoms with E-state index in [9.17, 15) is 0 Å². The fraction of sp³-hybridized carbons (Fsp3) is 0.0968. The molecule has 0 saturated heterocycles. The van der Waals surface area contributed by atoms with E-state index in [0.29, 0.717) is 5.92 Å². The van der Waals surface area contributed by atoms with Crippen molar-refractivity contribution in [3.05, 3.63) is 121 Å². The van der Waals surface area contributed by atoms with Gasteiger partial charge in [-0.2, -0.15) is 0 Å². The highest BCUT2D eigenvalue weighted by Gasteiger charge is 2.46. The third-order valence-electron chi connectivity index (χ3n) is 7.29. The van der Waals surface area contributed by atoms with Crippen LogP contribution in [0.4, 0.5) is 11.4 Å². The lowest BCUT2D eigenvalue weighted by Crippen LogP contribution is -2.41. The van der Waals surface area contributed by atoms with E-state index in [1.807, 2.05) is 12.1 Å². The normalized spacial score (nSPS) is 21.0. The number of furan rings is 1. The van der Waals surface area contributed by atoms with Crippen molar-refractivity contribution >= 4 is 33.3 Å². The lowest BCUT2D eigenvalue weighted by molar-refractivity contribution is 0.542. The third-order valence-corrected chi connectivity index (χ3v) is 7.29. The van der Waals surface area contributed by atoms with Crippen LogP contribution in [-0.4, -0.2) is 5.54 Å². The van der Waals surface area contributed by atoms with E-state index < -0.39 is 0 Å². The first-order chi connectivity index (χ1) is 16.2. The molecule has 1 aromatic heterocycles. The molecule has 7 rings (SSSR count). The monoisotopic (exact) mass is 425 g/mol. The van der Waals surface area contributed by atoms with Crippen LogP contribution in [-0.2, 0) is 0 Å². The van der Waals surface area contributed by atoms with Gasteiger partial charge in [0.2, 0.25) is 0 Å². The van der Waals surface area contributed by atoms with Crippen molar-refractivity contribution < 1.29 is 4.42 Å². The van der Waals surface area contributed by atoms with Crippen molar-refractivity contribution in [2.24, 2.45) is 0 Å². The van der Waals surface area contributed by atoms with E-state index >= 15 is 0 Å². The number of para-hydroxylation sites is 2. The van der Waals surface area contributed by atoms with Crippen LogP contribution in [0.2, 0.25) is 0 Å². The molecule has 1 unspecified atom stereocenters. The molecule has 0 spiro atoms. The average Bonchev–Trinajstić information content (AvgIpc) is 3.36. The van der Waals surface area contributed by atoms with Gasteiger partial charge in [0.15, 0.2) is 0 Å². The molecule has 2 atom stereocenters. The van der Waals surface area contributed by atoms with Crippen LogP contribution < -0.4 is 4.90 Å². The number of hydrogen-bond donors (Lipinski definition) is 0. The Balaban J connectivity index is 1.38. The maximum absolute atomic E-state index is 6.04. The second-order valence-electron chi connectivity index (χ2n) is 9.20. The van der Waals surface area contributed by atoms with Crippen LogP contribution in [0.1, 0.15) is 18.4 Å². The first-order valence-corrected chi connectivity index (χ1v) is 11.5. The maximum atomic E-state index is 6.04. The molecule has 33 heavy (non-hydrogen) atoms. The van der Waals surface area contributed by atoms with Crippen molar-refractivity contribution in [1.29, 1.82) is 0 Å². The highest BCUT2D eigenvalue weighted by atomic mass is 16.3. The standard InChI is InChI=1S/C31H23NO/c1-31-18-7-6-13-27(31)25-12-2-4-14-28(25)32(31)23-10-8-9-21(19-23)22-16-17-30-26(20-22)24-11-3-5-15-29(24)33-30/h2-20,27H,1H3/t27?,31-/m0/s1. The van der Waals surface area contributed by atoms with E-state index in [1.165, 1.54) is 28.1 Å². The van der Waals surface area contributed by atoms with Crippen molar-refractivity contribution in [2.75, 3.05) is 4.90 Å². The number of fused-ring (bicyclic) bond motifs is 6. The van der Waals surface area contributed by atoms with Crippen LogP contribution >= 0.6 is 0 Å². The number of rotatable bonds is 2. The molecule has 0 bridgehead atoms. The van der Waals surface area contributed by atoms with Crippen molar-refractivity contribution in [1.82, 2.24) is 0 Å². The lowest BCUT2D eigenvalue weighted by atomic mass is 9.80. The van der Waals surface area contributed by atoms with E-state index in [2.05, 4.69) is 115 Å². The molecule has 0 saturated carbocycles. The zero-order chi connectivity index (χ0) is 22.0. The second kappa shape index (κ2) is 6.73. The van der Waals surface area contributed by atoms with Gasteiger partial charge in [0.25, 0.3) is 0 Å². The van der Waals surface area contributed by atoms with Gasteiger partial charge < -0.3 is 9.32 Å². The van der Waals surface area contributed by atoms with Crippen molar-refractivity contribution in [2.45, 2.75) is 18.4 Å². The van der Waals surface area contributed by atoms with Crippen LogP contribution in [0.25, 0.3) is 33.1 Å². The highest BCUT2D eigenvalue weighted by molar-refractivity contribution is 6.06. The summed E-state index contributed by atoms with van der Waals surface area (Å²) in [6.45, 7) is 2.34. The number of allylic oxidation sites excluding steroid dienone is 2. The Bertz CT molecular complexity index is 1600. The molecule has 1 aliphatic heterocycles. The Morgan fingerprint density at radius 3 is 2.52 bits per heavy atom. The lowest BCUT2D eigenvalue weighted by Gasteiger charge is -2.39. The number of benzene rings is 4. The Kier molecular flexibility index (Phi) is 3.78. The summed E-state index contributed by atoms with van der Waals surface area (Å²) in [4.78, 5) is 2.50. The molecule has 2 heteroatoms. The van der Waals surface area contributed by atoms with Crippen LogP contribution in [0.3, 0.4) is 0 Å². The smallest absolute Gasteiger partial charge is 0.135 e. The molecule has 0 radical (unpaired) electrons. The minimum Gasteiger partial charge on any atom is -0.456 e. The number of nitrogens with zero attached hydrogens (tertiary/aromatic N) is 1. The SMILES string of the molecule is C[C@]12C=CC=CC1c1ccccc1N2c1cccc(-c2ccc3oc4ccccc4c3c2)c1. The summed E-state index contributed by atoms with van der Waals surface area (Å²) in [7, 11) is 0. The minimum atomic E-state index is -0.123. The number of anilines is 2. The summed E-state index contributed by atoms with van der Waals surface area (Å²) < 4.78 is 6.04. The zero-order valence-corrected chi connectivity index (χ0v) is 18.4. The molecule has 1 aliphatic carbocycles. The Hall–Kier alpha value is -4.04. The second-order valence-corrected chi connectivity index (χ2v) is 9.20. The zero-order valence-electron chi connectivity index (χ0n) is 18.4. The fourth-order valence-electron chi connectivity index (χ4n) is 5.72. The van der Waals surface area contributed by atoms with Gasteiger partial charge >= 0.3 is 0 Å². The quantitative estimate of drug-likeness (QED) is 0.282.